The van der Waals surface area contributed by atoms with Gasteiger partial charge in [0.15, 0.2) is 0 Å². The van der Waals surface area contributed by atoms with Crippen LogP contribution in [-0.2, 0) is 16.0 Å². The third-order valence-electron chi connectivity index (χ3n) is 4.21. The lowest BCUT2D eigenvalue weighted by Crippen LogP contribution is -2.02. The number of phenolic OH excluding ortho intramolecular Hbond substituents is 1. The van der Waals surface area contributed by atoms with Gasteiger partial charge < -0.3 is 19.0 Å². The monoisotopic (exact) mass is 393 g/mol. The van der Waals surface area contributed by atoms with Gasteiger partial charge in [-0.15, -0.1) is 0 Å². The Morgan fingerprint density at radius 3 is 2.72 bits per heavy atom. The number of carbonyl (C=O) groups is 1. The van der Waals surface area contributed by atoms with Crippen LogP contribution in [0.5, 0.6) is 11.5 Å². The average molecular weight is 393 g/mol. The summed E-state index contributed by atoms with van der Waals surface area (Å²) in [6.07, 6.45) is 3.35. The van der Waals surface area contributed by atoms with E-state index in [0.717, 1.165) is 17.0 Å². The van der Waals surface area contributed by atoms with Gasteiger partial charge in [-0.2, -0.15) is 0 Å². The van der Waals surface area contributed by atoms with Crippen LogP contribution in [0.25, 0.3) is 17.5 Å². The maximum Gasteiger partial charge on any atom is 0.330 e. The van der Waals surface area contributed by atoms with E-state index < -0.39 is 5.97 Å². The number of aryl methyl sites for hydroxylation is 1. The molecule has 2 aromatic carbocycles. The summed E-state index contributed by atoms with van der Waals surface area (Å²) in [4.78, 5) is 15.9. The molecular weight excluding hydrogens is 370 g/mol. The first-order chi connectivity index (χ1) is 14.1. The van der Waals surface area contributed by atoms with E-state index in [1.165, 1.54) is 18.2 Å². The predicted molar refractivity (Wildman–Crippen MR) is 110 cm³/mol. The van der Waals surface area contributed by atoms with Crippen LogP contribution in [0.15, 0.2) is 59.0 Å². The van der Waals surface area contributed by atoms with Gasteiger partial charge in [-0.3, -0.25) is 0 Å². The van der Waals surface area contributed by atoms with E-state index in [2.05, 4.69) is 4.98 Å². The zero-order valence-corrected chi connectivity index (χ0v) is 16.4. The fourth-order valence-corrected chi connectivity index (χ4v) is 2.73. The second kappa shape index (κ2) is 9.59. The van der Waals surface area contributed by atoms with Crippen LogP contribution in [0.2, 0.25) is 0 Å². The minimum atomic E-state index is -0.454. The number of hydrogen-bond acceptors (Lipinski definition) is 6. The summed E-state index contributed by atoms with van der Waals surface area (Å²) in [5.41, 5.74) is 2.27. The normalized spacial score (nSPS) is 11.0. The number of aromatic nitrogens is 1. The third kappa shape index (κ3) is 5.48. The van der Waals surface area contributed by atoms with Crippen LogP contribution in [-0.4, -0.2) is 29.3 Å². The minimum Gasteiger partial charge on any atom is -0.507 e. The molecule has 0 aliphatic rings. The molecule has 0 amide bonds. The molecule has 1 N–H and O–H groups in total. The highest BCUT2D eigenvalue weighted by molar-refractivity contribution is 5.87. The number of nitrogens with zero attached hydrogens (tertiary/aromatic N) is 1. The Morgan fingerprint density at radius 1 is 1.21 bits per heavy atom. The van der Waals surface area contributed by atoms with Crippen molar-refractivity contribution in [2.75, 3.05) is 13.2 Å². The number of oxazole rings is 1. The van der Waals surface area contributed by atoms with Crippen LogP contribution in [0, 0.1) is 6.92 Å². The summed E-state index contributed by atoms with van der Waals surface area (Å²) in [7, 11) is 0. The van der Waals surface area contributed by atoms with Gasteiger partial charge in [-0.1, -0.05) is 18.2 Å². The van der Waals surface area contributed by atoms with Crippen molar-refractivity contribution in [2.45, 2.75) is 20.3 Å². The van der Waals surface area contributed by atoms with E-state index in [-0.39, 0.29) is 5.75 Å². The van der Waals surface area contributed by atoms with E-state index in [9.17, 15) is 9.90 Å². The molecule has 6 heteroatoms. The lowest BCUT2D eigenvalue weighted by atomic mass is 10.2. The van der Waals surface area contributed by atoms with Gasteiger partial charge >= 0.3 is 5.97 Å². The molecule has 0 aliphatic heterocycles. The van der Waals surface area contributed by atoms with Crippen molar-refractivity contribution in [1.82, 2.24) is 4.98 Å². The zero-order valence-electron chi connectivity index (χ0n) is 16.4. The highest BCUT2D eigenvalue weighted by Gasteiger charge is 2.11. The Morgan fingerprint density at radius 2 is 2.00 bits per heavy atom. The molecule has 1 heterocycles. The molecular formula is C23H23NO5. The number of carbonyl (C=O) groups excluding carboxylic acids is 1. The first kappa shape index (κ1) is 20.2. The largest absolute Gasteiger partial charge is 0.507 e. The molecule has 0 atom stereocenters. The van der Waals surface area contributed by atoms with E-state index in [1.807, 2.05) is 37.3 Å². The van der Waals surface area contributed by atoms with Gasteiger partial charge in [0.25, 0.3) is 0 Å². The molecule has 0 spiro atoms. The number of rotatable bonds is 8. The molecule has 3 aromatic rings. The first-order valence-electron chi connectivity index (χ1n) is 9.39. The summed E-state index contributed by atoms with van der Waals surface area (Å²) in [6.45, 7) is 4.31. The highest BCUT2D eigenvalue weighted by atomic mass is 16.5. The number of benzene rings is 2. The quantitative estimate of drug-likeness (QED) is 0.446. The van der Waals surface area contributed by atoms with Gasteiger partial charge in [0.05, 0.1) is 18.9 Å². The van der Waals surface area contributed by atoms with Crippen molar-refractivity contribution < 1.29 is 23.8 Å². The molecule has 0 bridgehead atoms. The van der Waals surface area contributed by atoms with Gasteiger partial charge in [0, 0.05) is 29.7 Å². The van der Waals surface area contributed by atoms with Crippen LogP contribution < -0.4 is 4.74 Å². The maximum absolute atomic E-state index is 11.4. The number of hydrogen-bond donors (Lipinski definition) is 1. The summed E-state index contributed by atoms with van der Waals surface area (Å²) in [5, 5.41) is 10.1. The van der Waals surface area contributed by atoms with E-state index >= 15 is 0 Å². The molecule has 150 valence electrons. The number of phenols is 1. The van der Waals surface area contributed by atoms with E-state index in [0.29, 0.717) is 36.8 Å². The molecule has 1 aromatic heterocycles. The van der Waals surface area contributed by atoms with Crippen molar-refractivity contribution in [3.8, 4) is 23.0 Å². The van der Waals surface area contributed by atoms with Crippen molar-refractivity contribution in [3.63, 3.8) is 0 Å². The van der Waals surface area contributed by atoms with Crippen LogP contribution in [0.4, 0.5) is 0 Å². The maximum atomic E-state index is 11.4. The standard InChI is InChI=1S/C23H23NO5/c1-3-27-22(26)12-10-17-9-11-19(15-21(17)25)28-14-13-20-16(2)29-23(24-20)18-7-5-4-6-8-18/h4-12,15,25H,3,13-14H2,1-2H3/b12-10+. The van der Waals surface area contributed by atoms with Crippen LogP contribution in [0.3, 0.4) is 0 Å². The third-order valence-corrected chi connectivity index (χ3v) is 4.21. The van der Waals surface area contributed by atoms with E-state index in [1.54, 1.807) is 19.1 Å². The fraction of sp³-hybridized carbons (Fsp3) is 0.217. The van der Waals surface area contributed by atoms with Gasteiger partial charge in [-0.05, 0) is 44.2 Å². The molecule has 0 saturated heterocycles. The zero-order chi connectivity index (χ0) is 20.6. The van der Waals surface area contributed by atoms with Crippen molar-refractivity contribution in [1.29, 1.82) is 0 Å². The summed E-state index contributed by atoms with van der Waals surface area (Å²) < 4.78 is 16.3. The lowest BCUT2D eigenvalue weighted by molar-refractivity contribution is -0.137. The van der Waals surface area contributed by atoms with Crippen molar-refractivity contribution in [2.24, 2.45) is 0 Å². The fourth-order valence-electron chi connectivity index (χ4n) is 2.73. The molecule has 6 nitrogen and oxygen atoms in total. The van der Waals surface area contributed by atoms with Gasteiger partial charge in [0.1, 0.15) is 17.3 Å². The van der Waals surface area contributed by atoms with Crippen molar-refractivity contribution in [3.05, 3.63) is 71.6 Å². The Kier molecular flexibility index (Phi) is 6.68. The Bertz CT molecular complexity index is 992. The average Bonchev–Trinajstić information content (AvgIpc) is 3.09. The summed E-state index contributed by atoms with van der Waals surface area (Å²) in [5.74, 6) is 1.44. The van der Waals surface area contributed by atoms with Crippen LogP contribution >= 0.6 is 0 Å². The topological polar surface area (TPSA) is 81.8 Å². The molecule has 0 saturated carbocycles. The summed E-state index contributed by atoms with van der Waals surface area (Å²) in [6, 6.07) is 14.6. The SMILES string of the molecule is CCOC(=O)/C=C/c1ccc(OCCc2nc(-c3ccccc3)oc2C)cc1O. The summed E-state index contributed by atoms with van der Waals surface area (Å²) >= 11 is 0. The first-order valence-corrected chi connectivity index (χ1v) is 9.39. The van der Waals surface area contributed by atoms with E-state index in [4.69, 9.17) is 13.9 Å². The smallest absolute Gasteiger partial charge is 0.330 e. The predicted octanol–water partition coefficient (Wildman–Crippen LogP) is 4.55. The molecule has 0 unspecified atom stereocenters. The lowest BCUT2D eigenvalue weighted by Gasteiger charge is -2.07. The van der Waals surface area contributed by atoms with Crippen molar-refractivity contribution >= 4 is 12.0 Å². The highest BCUT2D eigenvalue weighted by Crippen LogP contribution is 2.25. The molecule has 29 heavy (non-hydrogen) atoms. The Hall–Kier alpha value is -3.54. The number of esters is 1. The second-order valence-electron chi connectivity index (χ2n) is 6.29. The van der Waals surface area contributed by atoms with Gasteiger partial charge in [-0.25, -0.2) is 9.78 Å². The molecule has 0 aliphatic carbocycles. The molecule has 3 rings (SSSR count). The molecule has 0 fully saturated rings. The Labute approximate surface area is 169 Å². The van der Waals surface area contributed by atoms with Gasteiger partial charge in [0.2, 0.25) is 5.89 Å². The minimum absolute atomic E-state index is 0.0204. The molecule has 0 radical (unpaired) electrons. The van der Waals surface area contributed by atoms with Crippen LogP contribution in [0.1, 0.15) is 23.9 Å². The second-order valence-corrected chi connectivity index (χ2v) is 6.29. The number of ether oxygens (including phenoxy) is 2. The number of aromatic hydroxyl groups is 1. The Balaban J connectivity index is 1.58.